The van der Waals surface area contributed by atoms with Crippen LogP contribution in [0.5, 0.6) is 0 Å². The van der Waals surface area contributed by atoms with E-state index in [9.17, 15) is 24.0 Å². The molecule has 0 aliphatic carbocycles. The number of benzene rings is 4. The number of nitrogens with one attached hydrogen (secondary N) is 1. The molecule has 0 spiro atoms. The molecule has 346 valence electrons. The Morgan fingerprint density at radius 2 is 1.23 bits per heavy atom. The van der Waals surface area contributed by atoms with Crippen molar-refractivity contribution in [3.8, 4) is 11.4 Å². The average Bonchev–Trinajstić information content (AvgIpc) is 3.96. The zero-order valence-corrected chi connectivity index (χ0v) is 55.3. The maximum Gasteiger partial charge on any atom is 0.248 e. The van der Waals surface area contributed by atoms with Crippen molar-refractivity contribution in [3.05, 3.63) is 109 Å². The predicted octanol–water partition coefficient (Wildman–Crippen LogP) is 15.6. The zero-order chi connectivity index (χ0) is 46.7. The molecule has 2 amide bonds. The molecule has 7 aromatic rings. The summed E-state index contributed by atoms with van der Waals surface area (Å²) in [5, 5.41) is 2.35. The SMILES string of the molecule is CCOC(=O)c1sc2cccc(Cl)c2c1-c1nc2ccc(C(N)=O)cc2[nH]1.CCOC(=O)c1sc2cccc(Cl)c2c1C=O.I.II(I)I(I)I(I)I.NC(=O)c1ccc(N)c(N)c1. The number of hydrogen-bond donors (Lipinski definition) is 5. The second-order valence-corrected chi connectivity index (χ2v) is 161. The fraction of sp³-hybridized carbons (Fsp3) is 0.105. The molecule has 3 heterocycles. The number of thiophene rings is 2. The summed E-state index contributed by atoms with van der Waals surface area (Å²) in [4.78, 5) is 65.8. The Morgan fingerprint density at radius 1 is 0.734 bits per heavy atom. The number of hydrogen-bond acceptors (Lipinski definition) is 12. The number of anilines is 2. The summed E-state index contributed by atoms with van der Waals surface area (Å²) in [6, 6.07) is 20.3. The van der Waals surface area contributed by atoms with Gasteiger partial charge in [0.1, 0.15) is 15.6 Å². The van der Waals surface area contributed by atoms with Gasteiger partial charge in [0.2, 0.25) is 11.8 Å². The van der Waals surface area contributed by atoms with E-state index >= 15 is 0 Å². The second-order valence-electron chi connectivity index (χ2n) is 11.8. The third kappa shape index (κ3) is 15.8. The van der Waals surface area contributed by atoms with Crippen LogP contribution in [0.15, 0.2) is 72.8 Å². The molecule has 0 saturated carbocycles. The molecule has 9 N–H and O–H groups in total. The first-order chi connectivity index (χ1) is 29.8. The molecule has 4 aromatic carbocycles. The Balaban J connectivity index is 0.000000252. The van der Waals surface area contributed by atoms with Gasteiger partial charge in [-0.05, 0) is 74.5 Å². The number of H-pyrrole nitrogens is 1. The van der Waals surface area contributed by atoms with Gasteiger partial charge in [0.05, 0.1) is 46.2 Å². The van der Waals surface area contributed by atoms with Gasteiger partial charge in [-0.3, -0.25) is 14.4 Å². The van der Waals surface area contributed by atoms with Crippen molar-refractivity contribution in [3.63, 3.8) is 0 Å². The Labute approximate surface area is 464 Å². The molecule has 13 nitrogen and oxygen atoms in total. The number of fused-ring (bicyclic) bond motifs is 3. The quantitative estimate of drug-likeness (QED) is 0.0376. The molecular weight excluding hydrogens is 1930 g/mol. The van der Waals surface area contributed by atoms with Crippen molar-refractivity contribution in [1.82, 2.24) is 9.97 Å². The number of primary amides is 2. The summed E-state index contributed by atoms with van der Waals surface area (Å²) < 4.78 is 11.8. The van der Waals surface area contributed by atoms with E-state index in [4.69, 9.17) is 55.6 Å². The van der Waals surface area contributed by atoms with E-state index in [0.717, 1.165) is 14.8 Å². The standard InChI is InChI=1S/C19H14ClN3O3S.C12H9ClO3S.C7H9N3O.I8.HI/c1-2-26-19(25)16-15(14-10(20)4-3-5-13(14)27-16)18-22-11-7-6-9(17(21)24)8-12(11)23-18;1-2-16-12(15)11-7(6-14)10-8(13)4-3-5-9(10)17-11;8-5-2-1-4(7(10)11)3-6(5)9;1-6(2)8(5)7(3)4;/h3-8H,2H2,1H3,(H2,21,24)(H,22,23);3-6H,2H2,1H3;1-3H,8-9H2,(H2,10,11);;1H. The van der Waals surface area contributed by atoms with E-state index in [1.807, 2.05) is 18.2 Å². The number of ether oxygens (including phenoxy) is 2. The first kappa shape index (κ1) is 58.9. The molecular formula is C38H33Cl2I9N6O7S2. The van der Waals surface area contributed by atoms with Crippen molar-refractivity contribution in [2.24, 2.45) is 11.5 Å². The molecule has 0 aliphatic rings. The van der Waals surface area contributed by atoms with E-state index in [1.54, 1.807) is 56.3 Å². The number of rotatable bonds is 10. The summed E-state index contributed by atoms with van der Waals surface area (Å²) >= 11 is 28.6. The van der Waals surface area contributed by atoms with Crippen molar-refractivity contribution >= 4 is 259 Å². The number of aromatic nitrogens is 2. The van der Waals surface area contributed by atoms with Crippen LogP contribution in [-0.2, 0) is 9.47 Å². The third-order valence-corrected chi connectivity index (χ3v) is 341. The Hall–Kier alpha value is 0.570. The number of carbonyl (C=O) groups is 5. The van der Waals surface area contributed by atoms with Gasteiger partial charge < -0.3 is 37.4 Å². The topological polar surface area (TPSA) is 237 Å². The predicted molar refractivity (Wildman–Crippen MR) is 346 cm³/mol. The molecule has 7 rings (SSSR count). The van der Waals surface area contributed by atoms with Gasteiger partial charge in [0, 0.05) is 41.9 Å². The summed E-state index contributed by atoms with van der Waals surface area (Å²) in [5.41, 5.74) is 25.0. The summed E-state index contributed by atoms with van der Waals surface area (Å²) in [5.74, 6) is -1.45. The van der Waals surface area contributed by atoms with Crippen molar-refractivity contribution < 1.29 is 33.4 Å². The molecule has 0 unspecified atom stereocenters. The summed E-state index contributed by atoms with van der Waals surface area (Å²) in [6.45, 7) is 4.02. The first-order valence-corrected chi connectivity index (χ1v) is 63.6. The third-order valence-electron chi connectivity index (χ3n) is 7.94. The van der Waals surface area contributed by atoms with Gasteiger partial charge in [-0.25, -0.2) is 14.6 Å². The van der Waals surface area contributed by atoms with Gasteiger partial charge in [-0.15, -0.1) is 46.7 Å². The van der Waals surface area contributed by atoms with Gasteiger partial charge in [0.15, 0.2) is 6.29 Å². The number of amides is 2. The van der Waals surface area contributed by atoms with Crippen LogP contribution >= 0.6 is 187 Å². The minimum Gasteiger partial charge on any atom is -0.397 e. The normalized spacial score (nSPS) is 11.0. The van der Waals surface area contributed by atoms with Crippen LogP contribution in [-0.4, -0.2) is 53.2 Å². The number of carbonyl (C=O) groups excluding carboxylic acids is 5. The van der Waals surface area contributed by atoms with Crippen LogP contribution in [0.4, 0.5) is 11.4 Å². The number of nitrogen functional groups attached to an aromatic ring is 2. The van der Waals surface area contributed by atoms with E-state index in [2.05, 4.69) is 103 Å². The maximum absolute atomic E-state index is 12.5. The molecule has 0 radical (unpaired) electrons. The minimum atomic E-state index is -0.524. The number of imidazole rings is 1. The van der Waals surface area contributed by atoms with E-state index < -0.39 is 23.8 Å². The monoisotopic (exact) mass is 1960 g/mol. The number of nitrogens with two attached hydrogens (primary N) is 4. The number of nitrogens with zero attached hydrogens (tertiary/aromatic N) is 1. The number of esters is 2. The van der Waals surface area contributed by atoms with Crippen LogP contribution in [0.3, 0.4) is 0 Å². The second kappa shape index (κ2) is 28.4. The molecule has 3 aromatic heterocycles. The van der Waals surface area contributed by atoms with Gasteiger partial charge >= 0.3 is 129 Å². The van der Waals surface area contributed by atoms with Crippen molar-refractivity contribution in [2.45, 2.75) is 13.8 Å². The van der Waals surface area contributed by atoms with Gasteiger partial charge in [0.25, 0.3) is 0 Å². The van der Waals surface area contributed by atoms with Gasteiger partial charge in [-0.1, -0.05) is 35.3 Å². The summed E-state index contributed by atoms with van der Waals surface area (Å²) in [7, 11) is -0.942. The maximum atomic E-state index is 12.5. The Bertz CT molecular complexity index is 2800. The molecule has 0 aliphatic heterocycles. The van der Waals surface area contributed by atoms with E-state index in [1.165, 1.54) is 34.8 Å². The van der Waals surface area contributed by atoms with Crippen molar-refractivity contribution in [1.29, 1.82) is 0 Å². The molecule has 64 heavy (non-hydrogen) atoms. The van der Waals surface area contributed by atoms with E-state index in [-0.39, 0.29) is 60.9 Å². The molecule has 0 fully saturated rings. The average molecular weight is 1960 g/mol. The number of aldehydes is 1. The Kier molecular flexibility index (Phi) is 26.2. The minimum absolute atomic E-state index is 0. The van der Waals surface area contributed by atoms with E-state index in [0.29, 0.717) is 82.0 Å². The molecule has 0 atom stereocenters. The summed E-state index contributed by atoms with van der Waals surface area (Å²) in [6.07, 6.45) is 0.650. The van der Waals surface area contributed by atoms with Gasteiger partial charge in [-0.2, -0.15) is 0 Å². The first-order valence-electron chi connectivity index (χ1n) is 17.3. The zero-order valence-electron chi connectivity index (χ0n) is 32.5. The van der Waals surface area contributed by atoms with Crippen LogP contribution in [0.1, 0.15) is 64.3 Å². The van der Waals surface area contributed by atoms with Crippen LogP contribution in [0.25, 0.3) is 42.6 Å². The molecule has 0 saturated heterocycles. The molecule has 0 bridgehead atoms. The fourth-order valence-corrected chi connectivity index (χ4v) is 427. The van der Waals surface area contributed by atoms with Crippen molar-refractivity contribution in [2.75, 3.05) is 24.7 Å². The largest absolute Gasteiger partial charge is 0.397 e. The number of aromatic amines is 1. The number of halogens is 11. The van der Waals surface area contributed by atoms with Crippen LogP contribution in [0.2, 0.25) is 10.0 Å². The van der Waals surface area contributed by atoms with Crippen LogP contribution in [0, 0.1) is 0 Å². The fourth-order valence-electron chi connectivity index (χ4n) is 5.30. The smallest absolute Gasteiger partial charge is 0.248 e. The molecule has 26 heteroatoms. The van der Waals surface area contributed by atoms with Crippen LogP contribution < -0.4 is 22.9 Å². The Morgan fingerprint density at radius 3 is 1.73 bits per heavy atom.